The average Bonchev–Trinajstić information content (AvgIpc) is 3.84. The van der Waals surface area contributed by atoms with Gasteiger partial charge in [-0.2, -0.15) is 0 Å². The number of nitrogens with zero attached hydrogens (tertiary/aromatic N) is 1. The Morgan fingerprint density at radius 1 is 0.340 bits per heavy atom. The highest BCUT2D eigenvalue weighted by Gasteiger charge is 2.52. The number of para-hydroxylation sites is 1. The van der Waals surface area contributed by atoms with E-state index >= 15 is 0 Å². The van der Waals surface area contributed by atoms with Crippen molar-refractivity contribution < 1.29 is 0 Å². The second kappa shape index (κ2) is 10.8. The van der Waals surface area contributed by atoms with E-state index < -0.39 is 5.41 Å². The normalized spacial score (nSPS) is 13.4. The van der Waals surface area contributed by atoms with Crippen LogP contribution in [-0.4, -0.2) is 0 Å². The third kappa shape index (κ3) is 3.91. The first kappa shape index (κ1) is 29.1. The van der Waals surface area contributed by atoms with Gasteiger partial charge in [0.25, 0.3) is 0 Å². The van der Waals surface area contributed by atoms with Crippen LogP contribution in [0.4, 0.5) is 17.1 Å². The SMILES string of the molecule is c1ccc(N(c2ccc3cc4c(cc3c2)C2(c3ccccc3-c3ccccc32)c2ccc3ccccc3c2-4)c2ccc3sc4ccccc4c3c2)cc1. The van der Waals surface area contributed by atoms with Crippen molar-refractivity contribution in [2.75, 3.05) is 4.90 Å². The van der Waals surface area contributed by atoms with Crippen LogP contribution in [0.3, 0.4) is 0 Å². The number of hydrogen-bond acceptors (Lipinski definition) is 2. The second-order valence-electron chi connectivity index (χ2n) is 14.4. The lowest BCUT2D eigenvalue weighted by atomic mass is 9.70. The van der Waals surface area contributed by atoms with Gasteiger partial charge in [0.05, 0.1) is 5.41 Å². The van der Waals surface area contributed by atoms with Gasteiger partial charge in [-0.25, -0.2) is 0 Å². The molecular formula is C51H31NS. The molecule has 9 aromatic carbocycles. The fraction of sp³-hybridized carbons (Fsp3) is 0.0196. The zero-order valence-electron chi connectivity index (χ0n) is 28.8. The number of benzene rings is 9. The Kier molecular flexibility index (Phi) is 5.92. The van der Waals surface area contributed by atoms with E-state index in [1.54, 1.807) is 0 Å². The van der Waals surface area contributed by atoms with Crippen molar-refractivity contribution in [1.82, 2.24) is 0 Å². The molecule has 0 fully saturated rings. The number of fused-ring (bicyclic) bond motifs is 16. The summed E-state index contributed by atoms with van der Waals surface area (Å²) in [5.41, 5.74) is 13.9. The molecule has 0 aliphatic heterocycles. The summed E-state index contributed by atoms with van der Waals surface area (Å²) < 4.78 is 2.63. The maximum absolute atomic E-state index is 2.51. The molecule has 0 atom stereocenters. The summed E-state index contributed by atoms with van der Waals surface area (Å²) in [6, 6.07) is 70.3. The molecule has 0 radical (unpaired) electrons. The van der Waals surface area contributed by atoms with Crippen LogP contribution in [-0.2, 0) is 5.41 Å². The minimum Gasteiger partial charge on any atom is -0.310 e. The predicted octanol–water partition coefficient (Wildman–Crippen LogP) is 14.2. The smallest absolute Gasteiger partial charge is 0.0725 e. The summed E-state index contributed by atoms with van der Waals surface area (Å²) >= 11 is 1.86. The molecule has 246 valence electrons. The lowest BCUT2D eigenvalue weighted by molar-refractivity contribution is 0.795. The molecule has 0 saturated heterocycles. The van der Waals surface area contributed by atoms with Gasteiger partial charge in [0.2, 0.25) is 0 Å². The Balaban J connectivity index is 1.13. The molecule has 10 aromatic rings. The molecule has 1 nitrogen and oxygen atoms in total. The summed E-state index contributed by atoms with van der Waals surface area (Å²) in [5.74, 6) is 0. The average molecular weight is 690 g/mol. The van der Waals surface area contributed by atoms with Crippen molar-refractivity contribution in [3.05, 3.63) is 210 Å². The van der Waals surface area contributed by atoms with Crippen LogP contribution in [0, 0.1) is 0 Å². The first-order valence-electron chi connectivity index (χ1n) is 18.3. The maximum atomic E-state index is 2.51. The van der Waals surface area contributed by atoms with E-state index in [0.29, 0.717) is 0 Å². The van der Waals surface area contributed by atoms with E-state index in [1.807, 2.05) is 11.3 Å². The zero-order valence-corrected chi connectivity index (χ0v) is 29.6. The number of hydrogen-bond donors (Lipinski definition) is 0. The highest BCUT2D eigenvalue weighted by Crippen LogP contribution is 2.64. The molecule has 2 aliphatic carbocycles. The molecule has 0 unspecified atom stereocenters. The van der Waals surface area contributed by atoms with Crippen molar-refractivity contribution in [2.24, 2.45) is 0 Å². The van der Waals surface area contributed by atoms with E-state index in [2.05, 4.69) is 193 Å². The molecule has 0 N–H and O–H groups in total. The molecule has 1 aromatic heterocycles. The first-order valence-corrected chi connectivity index (χ1v) is 19.2. The van der Waals surface area contributed by atoms with Crippen molar-refractivity contribution >= 4 is 70.1 Å². The Labute approximate surface area is 311 Å². The third-order valence-electron chi connectivity index (χ3n) is 11.8. The van der Waals surface area contributed by atoms with Gasteiger partial charge in [-0.05, 0) is 127 Å². The van der Waals surface area contributed by atoms with E-state index in [1.165, 1.54) is 86.2 Å². The summed E-state index contributed by atoms with van der Waals surface area (Å²) in [5, 5.41) is 7.68. The third-order valence-corrected chi connectivity index (χ3v) is 13.0. The maximum Gasteiger partial charge on any atom is 0.0725 e. The van der Waals surface area contributed by atoms with Crippen molar-refractivity contribution in [2.45, 2.75) is 5.41 Å². The molecule has 0 saturated carbocycles. The van der Waals surface area contributed by atoms with Gasteiger partial charge in [0, 0.05) is 37.2 Å². The van der Waals surface area contributed by atoms with Gasteiger partial charge in [-0.15, -0.1) is 11.3 Å². The largest absolute Gasteiger partial charge is 0.310 e. The van der Waals surface area contributed by atoms with Crippen molar-refractivity contribution in [3.8, 4) is 22.3 Å². The van der Waals surface area contributed by atoms with Gasteiger partial charge in [-0.3, -0.25) is 0 Å². The summed E-state index contributed by atoms with van der Waals surface area (Å²) in [4.78, 5) is 2.41. The van der Waals surface area contributed by atoms with Crippen LogP contribution >= 0.6 is 11.3 Å². The van der Waals surface area contributed by atoms with E-state index in [9.17, 15) is 0 Å². The number of thiophene rings is 1. The minimum absolute atomic E-state index is 0.407. The van der Waals surface area contributed by atoms with Crippen molar-refractivity contribution in [1.29, 1.82) is 0 Å². The summed E-state index contributed by atoms with van der Waals surface area (Å²) in [6.45, 7) is 0. The van der Waals surface area contributed by atoms with E-state index in [0.717, 1.165) is 17.1 Å². The van der Waals surface area contributed by atoms with E-state index in [-0.39, 0.29) is 0 Å². The molecule has 1 heterocycles. The predicted molar refractivity (Wildman–Crippen MR) is 225 cm³/mol. The quantitative estimate of drug-likeness (QED) is 0.178. The van der Waals surface area contributed by atoms with Gasteiger partial charge >= 0.3 is 0 Å². The monoisotopic (exact) mass is 689 g/mol. The van der Waals surface area contributed by atoms with Gasteiger partial charge in [-0.1, -0.05) is 127 Å². The standard InChI is InChI=1S/C51H31NS/c1-2-13-35(14-3-1)52(37-25-27-49-42(31-37)41-18-8-11-21-48(41)53-49)36-24-22-33-29-43-47(30-34(33)28-36)51(46-26-23-32-12-4-5-15-38(32)50(43)46)44-19-9-6-16-39(44)40-17-7-10-20-45(40)51/h1-31H. The minimum atomic E-state index is -0.407. The van der Waals surface area contributed by atoms with Crippen LogP contribution in [0.15, 0.2) is 188 Å². The number of anilines is 3. The summed E-state index contributed by atoms with van der Waals surface area (Å²) in [6.07, 6.45) is 0. The molecule has 0 amide bonds. The molecule has 2 aliphatic rings. The van der Waals surface area contributed by atoms with Crippen LogP contribution in [0.5, 0.6) is 0 Å². The molecular weight excluding hydrogens is 659 g/mol. The highest BCUT2D eigenvalue weighted by molar-refractivity contribution is 7.25. The number of rotatable bonds is 3. The van der Waals surface area contributed by atoms with Crippen LogP contribution in [0.1, 0.15) is 22.3 Å². The Morgan fingerprint density at radius 3 is 1.81 bits per heavy atom. The lowest BCUT2D eigenvalue weighted by Crippen LogP contribution is -2.25. The molecule has 2 heteroatoms. The Hall–Kier alpha value is -6.48. The fourth-order valence-corrected chi connectivity index (χ4v) is 10.7. The fourth-order valence-electron chi connectivity index (χ4n) is 9.65. The topological polar surface area (TPSA) is 3.24 Å². The van der Waals surface area contributed by atoms with Gasteiger partial charge < -0.3 is 4.90 Å². The molecule has 0 bridgehead atoms. The van der Waals surface area contributed by atoms with Gasteiger partial charge in [0.1, 0.15) is 0 Å². The highest BCUT2D eigenvalue weighted by atomic mass is 32.1. The van der Waals surface area contributed by atoms with Crippen LogP contribution in [0.25, 0.3) is 64.0 Å². The summed E-state index contributed by atoms with van der Waals surface area (Å²) in [7, 11) is 0. The van der Waals surface area contributed by atoms with Crippen LogP contribution < -0.4 is 4.90 Å². The lowest BCUT2D eigenvalue weighted by Gasteiger charge is -2.31. The van der Waals surface area contributed by atoms with Crippen LogP contribution in [0.2, 0.25) is 0 Å². The Morgan fingerprint density at radius 2 is 0.981 bits per heavy atom. The Bertz CT molecular complexity index is 3090. The van der Waals surface area contributed by atoms with E-state index in [4.69, 9.17) is 0 Å². The molecule has 53 heavy (non-hydrogen) atoms. The van der Waals surface area contributed by atoms with Gasteiger partial charge in [0.15, 0.2) is 0 Å². The second-order valence-corrected chi connectivity index (χ2v) is 15.5. The molecule has 1 spiro atoms. The zero-order chi connectivity index (χ0) is 34.7. The first-order chi connectivity index (χ1) is 26.3. The van der Waals surface area contributed by atoms with Crippen molar-refractivity contribution in [3.63, 3.8) is 0 Å². The molecule has 12 rings (SSSR count).